The molecule has 0 aliphatic heterocycles. The van der Waals surface area contributed by atoms with Gasteiger partial charge in [0.2, 0.25) is 0 Å². The van der Waals surface area contributed by atoms with E-state index in [1.54, 1.807) is 0 Å². The van der Waals surface area contributed by atoms with Gasteiger partial charge < -0.3 is 0 Å². The Kier molecular flexibility index (Phi) is 5.48. The number of alkyl halides is 1. The van der Waals surface area contributed by atoms with Crippen LogP contribution in [0.2, 0.25) is 0 Å². The molecule has 78 valence electrons. The van der Waals surface area contributed by atoms with Gasteiger partial charge in [0, 0.05) is 11.0 Å². The Morgan fingerprint density at radius 2 is 1.50 bits per heavy atom. The second-order valence-electron chi connectivity index (χ2n) is 3.41. The standard InChI is InChI=1S/C12H18IN/c1-3-14(4-2)10-12-7-5-11(9-13)6-8-12/h5-8H,3-4,9-10H2,1-2H3. The summed E-state index contributed by atoms with van der Waals surface area (Å²) in [7, 11) is 0. The van der Waals surface area contributed by atoms with Gasteiger partial charge in [0.1, 0.15) is 0 Å². The van der Waals surface area contributed by atoms with Crippen molar-refractivity contribution < 1.29 is 0 Å². The van der Waals surface area contributed by atoms with Crippen molar-refractivity contribution in [3.63, 3.8) is 0 Å². The van der Waals surface area contributed by atoms with Crippen LogP contribution in [0.25, 0.3) is 0 Å². The highest BCUT2D eigenvalue weighted by Gasteiger charge is 2.00. The maximum atomic E-state index is 2.43. The van der Waals surface area contributed by atoms with Crippen molar-refractivity contribution in [2.45, 2.75) is 24.8 Å². The van der Waals surface area contributed by atoms with E-state index >= 15 is 0 Å². The molecular weight excluding hydrogens is 285 g/mol. The summed E-state index contributed by atoms with van der Waals surface area (Å²) < 4.78 is 1.10. The molecule has 1 aromatic rings. The summed E-state index contributed by atoms with van der Waals surface area (Å²) in [5, 5.41) is 0. The van der Waals surface area contributed by atoms with Crippen molar-refractivity contribution in [3.05, 3.63) is 35.4 Å². The molecule has 0 aliphatic rings. The Hall–Kier alpha value is -0.0900. The average molecular weight is 303 g/mol. The minimum absolute atomic E-state index is 1.08. The van der Waals surface area contributed by atoms with E-state index in [2.05, 4.69) is 65.6 Å². The molecule has 14 heavy (non-hydrogen) atoms. The summed E-state index contributed by atoms with van der Waals surface area (Å²) >= 11 is 2.39. The lowest BCUT2D eigenvalue weighted by Crippen LogP contribution is -2.21. The fourth-order valence-corrected chi connectivity index (χ4v) is 1.95. The van der Waals surface area contributed by atoms with E-state index in [9.17, 15) is 0 Å². The topological polar surface area (TPSA) is 3.24 Å². The van der Waals surface area contributed by atoms with Gasteiger partial charge in [-0.3, -0.25) is 4.90 Å². The zero-order valence-corrected chi connectivity index (χ0v) is 11.1. The molecule has 1 rings (SSSR count). The third-order valence-corrected chi connectivity index (χ3v) is 3.36. The first-order chi connectivity index (χ1) is 6.80. The number of hydrogen-bond acceptors (Lipinski definition) is 1. The van der Waals surface area contributed by atoms with Gasteiger partial charge in [0.25, 0.3) is 0 Å². The molecule has 0 amide bonds. The van der Waals surface area contributed by atoms with E-state index < -0.39 is 0 Å². The van der Waals surface area contributed by atoms with E-state index in [-0.39, 0.29) is 0 Å². The molecular formula is C12H18IN. The second-order valence-corrected chi connectivity index (χ2v) is 4.17. The normalized spacial score (nSPS) is 10.9. The van der Waals surface area contributed by atoms with E-state index in [1.807, 2.05) is 0 Å². The maximum Gasteiger partial charge on any atom is 0.0247 e. The highest BCUT2D eigenvalue weighted by Crippen LogP contribution is 2.10. The van der Waals surface area contributed by atoms with Gasteiger partial charge in [-0.25, -0.2) is 0 Å². The number of rotatable bonds is 5. The number of halogens is 1. The van der Waals surface area contributed by atoms with Crippen molar-refractivity contribution in [2.24, 2.45) is 0 Å². The highest BCUT2D eigenvalue weighted by atomic mass is 127. The summed E-state index contributed by atoms with van der Waals surface area (Å²) in [5.41, 5.74) is 2.83. The van der Waals surface area contributed by atoms with Gasteiger partial charge in [-0.1, -0.05) is 60.7 Å². The molecule has 0 saturated heterocycles. The average Bonchev–Trinajstić information content (AvgIpc) is 2.26. The van der Waals surface area contributed by atoms with Gasteiger partial charge in [-0.05, 0) is 24.2 Å². The largest absolute Gasteiger partial charge is 0.300 e. The highest BCUT2D eigenvalue weighted by molar-refractivity contribution is 14.1. The fourth-order valence-electron chi connectivity index (χ4n) is 1.44. The fraction of sp³-hybridized carbons (Fsp3) is 0.500. The lowest BCUT2D eigenvalue weighted by molar-refractivity contribution is 0.296. The van der Waals surface area contributed by atoms with Crippen molar-refractivity contribution in [1.29, 1.82) is 0 Å². The molecule has 1 aromatic carbocycles. The second kappa shape index (κ2) is 6.40. The molecule has 0 radical (unpaired) electrons. The summed E-state index contributed by atoms with van der Waals surface area (Å²) in [5.74, 6) is 0. The van der Waals surface area contributed by atoms with Crippen LogP contribution in [0.15, 0.2) is 24.3 Å². The first-order valence-corrected chi connectivity index (χ1v) is 6.68. The molecule has 0 aromatic heterocycles. The first-order valence-electron chi connectivity index (χ1n) is 5.16. The van der Waals surface area contributed by atoms with E-state index in [0.717, 1.165) is 24.1 Å². The molecule has 2 heteroatoms. The van der Waals surface area contributed by atoms with Gasteiger partial charge in [-0.2, -0.15) is 0 Å². The van der Waals surface area contributed by atoms with Gasteiger partial charge in [-0.15, -0.1) is 0 Å². The molecule has 0 unspecified atom stereocenters. The quantitative estimate of drug-likeness (QED) is 0.595. The molecule has 0 atom stereocenters. The van der Waals surface area contributed by atoms with E-state index in [4.69, 9.17) is 0 Å². The minimum Gasteiger partial charge on any atom is -0.300 e. The third-order valence-electron chi connectivity index (χ3n) is 2.48. The Balaban J connectivity index is 2.58. The molecule has 0 heterocycles. The smallest absolute Gasteiger partial charge is 0.0247 e. The molecule has 0 aliphatic carbocycles. The molecule has 0 saturated carbocycles. The van der Waals surface area contributed by atoms with Gasteiger partial charge in [0.15, 0.2) is 0 Å². The third kappa shape index (κ3) is 3.58. The predicted molar refractivity (Wildman–Crippen MR) is 70.8 cm³/mol. The van der Waals surface area contributed by atoms with Gasteiger partial charge >= 0.3 is 0 Å². The Morgan fingerprint density at radius 3 is 1.93 bits per heavy atom. The van der Waals surface area contributed by atoms with Crippen molar-refractivity contribution in [2.75, 3.05) is 13.1 Å². The monoisotopic (exact) mass is 303 g/mol. The molecule has 0 N–H and O–H groups in total. The van der Waals surface area contributed by atoms with Crippen LogP contribution in [0.5, 0.6) is 0 Å². The summed E-state index contributed by atoms with van der Waals surface area (Å²) in [6, 6.07) is 8.94. The number of benzene rings is 1. The van der Waals surface area contributed by atoms with E-state index in [1.165, 1.54) is 11.1 Å². The predicted octanol–water partition coefficient (Wildman–Crippen LogP) is 3.46. The zero-order chi connectivity index (χ0) is 10.4. The number of hydrogen-bond donors (Lipinski definition) is 0. The van der Waals surface area contributed by atoms with E-state index in [0.29, 0.717) is 0 Å². The van der Waals surface area contributed by atoms with Crippen LogP contribution in [0.4, 0.5) is 0 Å². The Labute approximate surface area is 101 Å². The van der Waals surface area contributed by atoms with Crippen molar-refractivity contribution in [1.82, 2.24) is 4.90 Å². The zero-order valence-electron chi connectivity index (χ0n) is 8.96. The first kappa shape index (κ1) is 12.0. The number of nitrogens with zero attached hydrogens (tertiary/aromatic N) is 1. The van der Waals surface area contributed by atoms with Crippen molar-refractivity contribution >= 4 is 22.6 Å². The van der Waals surface area contributed by atoms with Crippen LogP contribution < -0.4 is 0 Å². The van der Waals surface area contributed by atoms with Crippen LogP contribution in [0, 0.1) is 0 Å². The molecule has 0 spiro atoms. The molecule has 1 nitrogen and oxygen atoms in total. The van der Waals surface area contributed by atoms with Crippen LogP contribution in [0.1, 0.15) is 25.0 Å². The Bertz CT molecular complexity index is 252. The lowest BCUT2D eigenvalue weighted by Gasteiger charge is -2.17. The molecule has 0 bridgehead atoms. The van der Waals surface area contributed by atoms with Crippen LogP contribution in [-0.4, -0.2) is 18.0 Å². The minimum atomic E-state index is 1.08. The summed E-state index contributed by atoms with van der Waals surface area (Å²) in [6.07, 6.45) is 0. The lowest BCUT2D eigenvalue weighted by atomic mass is 10.1. The summed E-state index contributed by atoms with van der Waals surface area (Å²) in [6.45, 7) is 7.76. The van der Waals surface area contributed by atoms with Crippen LogP contribution in [-0.2, 0) is 11.0 Å². The summed E-state index contributed by atoms with van der Waals surface area (Å²) in [4.78, 5) is 2.43. The van der Waals surface area contributed by atoms with Gasteiger partial charge in [0.05, 0.1) is 0 Å². The maximum absolute atomic E-state index is 2.43. The SMILES string of the molecule is CCN(CC)Cc1ccc(CI)cc1. The molecule has 0 fully saturated rings. The Morgan fingerprint density at radius 1 is 1.00 bits per heavy atom. The van der Waals surface area contributed by atoms with Crippen LogP contribution in [0.3, 0.4) is 0 Å². The van der Waals surface area contributed by atoms with Crippen molar-refractivity contribution in [3.8, 4) is 0 Å². The van der Waals surface area contributed by atoms with Crippen LogP contribution >= 0.6 is 22.6 Å².